The highest BCUT2D eigenvalue weighted by Gasteiger charge is 2.22. The minimum atomic E-state index is 0.316. The molecule has 0 spiro atoms. The van der Waals surface area contributed by atoms with Gasteiger partial charge >= 0.3 is 0 Å². The molecule has 1 aliphatic heterocycles. The van der Waals surface area contributed by atoms with Gasteiger partial charge in [0.1, 0.15) is 0 Å². The summed E-state index contributed by atoms with van der Waals surface area (Å²) in [7, 11) is 0. The van der Waals surface area contributed by atoms with Gasteiger partial charge in [-0.3, -0.25) is 10.3 Å². The summed E-state index contributed by atoms with van der Waals surface area (Å²) in [6.07, 6.45) is 3.08. The van der Waals surface area contributed by atoms with Crippen molar-refractivity contribution < 1.29 is 0 Å². The molecule has 1 N–H and O–H groups in total. The van der Waals surface area contributed by atoms with E-state index in [1.165, 1.54) is 12.2 Å². The van der Waals surface area contributed by atoms with Gasteiger partial charge < -0.3 is 0 Å². The second kappa shape index (κ2) is 5.17. The number of aromatic nitrogens is 1. The van der Waals surface area contributed by atoms with Crippen molar-refractivity contribution in [3.8, 4) is 0 Å². The zero-order valence-corrected chi connectivity index (χ0v) is 12.3. The van der Waals surface area contributed by atoms with Crippen molar-refractivity contribution in [1.29, 1.82) is 0 Å². The normalized spacial score (nSPS) is 26.6. The fraction of sp³-hybridized carbons (Fsp3) is 0.500. The van der Waals surface area contributed by atoms with E-state index in [0.29, 0.717) is 11.4 Å². The van der Waals surface area contributed by atoms with Crippen molar-refractivity contribution >= 4 is 43.6 Å². The van der Waals surface area contributed by atoms with E-state index in [-0.39, 0.29) is 0 Å². The Kier molecular flexibility index (Phi) is 4.10. The second-order valence-electron chi connectivity index (χ2n) is 3.63. The number of hydrogen-bond donors (Lipinski definition) is 1. The predicted molar refractivity (Wildman–Crippen MR) is 72.1 cm³/mol. The van der Waals surface area contributed by atoms with Gasteiger partial charge in [-0.15, -0.1) is 11.8 Å². The molecule has 0 radical (unpaired) electrons. The van der Waals surface area contributed by atoms with E-state index in [1.54, 1.807) is 0 Å². The first kappa shape index (κ1) is 11.9. The molecular weight excluding hydrogens is 340 g/mol. The monoisotopic (exact) mass is 350 g/mol. The molecule has 5 heteroatoms. The third-order valence-corrected chi connectivity index (χ3v) is 4.59. The molecule has 2 atom stereocenters. The quantitative estimate of drug-likeness (QED) is 0.834. The van der Waals surface area contributed by atoms with Crippen molar-refractivity contribution in [2.75, 3.05) is 5.75 Å². The van der Waals surface area contributed by atoms with E-state index >= 15 is 0 Å². The fourth-order valence-electron chi connectivity index (χ4n) is 1.53. The largest absolute Gasteiger partial charge is 0.298 e. The number of pyridine rings is 1. The van der Waals surface area contributed by atoms with Gasteiger partial charge in [0.25, 0.3) is 0 Å². The fourth-order valence-corrected chi connectivity index (χ4v) is 4.30. The maximum Gasteiger partial charge on any atom is 0.0975 e. The van der Waals surface area contributed by atoms with Crippen molar-refractivity contribution in [1.82, 2.24) is 10.3 Å². The van der Waals surface area contributed by atoms with E-state index in [1.807, 2.05) is 24.0 Å². The first-order valence-corrected chi connectivity index (χ1v) is 7.49. The molecule has 0 aromatic carbocycles. The SMILES string of the molecule is CC1CCSC(c2ncc(Br)cc2Br)N1. The minimum absolute atomic E-state index is 0.316. The van der Waals surface area contributed by atoms with Crippen LogP contribution in [0, 0.1) is 0 Å². The van der Waals surface area contributed by atoms with Crippen LogP contribution in [0.3, 0.4) is 0 Å². The van der Waals surface area contributed by atoms with Crippen molar-refractivity contribution in [2.24, 2.45) is 0 Å². The lowest BCUT2D eigenvalue weighted by molar-refractivity contribution is 0.505. The molecule has 2 rings (SSSR count). The van der Waals surface area contributed by atoms with Crippen LogP contribution >= 0.6 is 43.6 Å². The Balaban J connectivity index is 2.21. The second-order valence-corrected chi connectivity index (χ2v) is 6.61. The average Bonchev–Trinajstić information content (AvgIpc) is 2.17. The van der Waals surface area contributed by atoms with Crippen LogP contribution in [0.4, 0.5) is 0 Å². The number of nitrogens with zero attached hydrogens (tertiary/aromatic N) is 1. The van der Waals surface area contributed by atoms with Gasteiger partial charge in [0.05, 0.1) is 11.1 Å². The highest BCUT2D eigenvalue weighted by molar-refractivity contribution is 9.11. The van der Waals surface area contributed by atoms with Crippen molar-refractivity contribution in [3.63, 3.8) is 0 Å². The summed E-state index contributed by atoms with van der Waals surface area (Å²) in [4.78, 5) is 4.46. The lowest BCUT2D eigenvalue weighted by atomic mass is 10.2. The van der Waals surface area contributed by atoms with Crippen LogP contribution in [0.1, 0.15) is 24.4 Å². The topological polar surface area (TPSA) is 24.9 Å². The Hall–Kier alpha value is 0.420. The molecule has 2 nitrogen and oxygen atoms in total. The van der Waals surface area contributed by atoms with E-state index in [9.17, 15) is 0 Å². The average molecular weight is 352 g/mol. The molecule has 1 aliphatic rings. The molecule has 1 saturated heterocycles. The summed E-state index contributed by atoms with van der Waals surface area (Å²) in [5.41, 5.74) is 1.09. The molecule has 0 bridgehead atoms. The van der Waals surface area contributed by atoms with Gasteiger partial charge in [-0.25, -0.2) is 0 Å². The number of hydrogen-bond acceptors (Lipinski definition) is 3. The van der Waals surface area contributed by atoms with Gasteiger partial charge in [0.2, 0.25) is 0 Å². The molecule has 15 heavy (non-hydrogen) atoms. The van der Waals surface area contributed by atoms with E-state index in [4.69, 9.17) is 0 Å². The van der Waals surface area contributed by atoms with Crippen LogP contribution in [-0.4, -0.2) is 16.8 Å². The highest BCUT2D eigenvalue weighted by atomic mass is 79.9. The van der Waals surface area contributed by atoms with Crippen LogP contribution in [-0.2, 0) is 0 Å². The first-order valence-electron chi connectivity index (χ1n) is 4.85. The number of halogens is 2. The van der Waals surface area contributed by atoms with Gasteiger partial charge in [-0.2, -0.15) is 0 Å². The molecule has 0 saturated carbocycles. The highest BCUT2D eigenvalue weighted by Crippen LogP contribution is 2.34. The third-order valence-electron chi connectivity index (χ3n) is 2.36. The first-order chi connectivity index (χ1) is 7.16. The van der Waals surface area contributed by atoms with Gasteiger partial charge in [-0.05, 0) is 57.0 Å². The summed E-state index contributed by atoms with van der Waals surface area (Å²) in [5, 5.41) is 3.86. The van der Waals surface area contributed by atoms with Crippen LogP contribution in [0.2, 0.25) is 0 Å². The zero-order chi connectivity index (χ0) is 10.8. The molecular formula is C10H12Br2N2S. The van der Waals surface area contributed by atoms with E-state index in [2.05, 4.69) is 49.1 Å². The maximum atomic E-state index is 4.46. The summed E-state index contributed by atoms with van der Waals surface area (Å²) in [6.45, 7) is 2.22. The van der Waals surface area contributed by atoms with E-state index in [0.717, 1.165) is 14.6 Å². The van der Waals surface area contributed by atoms with Gasteiger partial charge in [-0.1, -0.05) is 0 Å². The Bertz CT molecular complexity index is 359. The van der Waals surface area contributed by atoms with Crippen molar-refractivity contribution in [2.45, 2.75) is 24.8 Å². The Morgan fingerprint density at radius 1 is 1.53 bits per heavy atom. The lowest BCUT2D eigenvalue weighted by Crippen LogP contribution is -2.34. The minimum Gasteiger partial charge on any atom is -0.298 e. The summed E-state index contributed by atoms with van der Waals surface area (Å²) >= 11 is 8.89. The van der Waals surface area contributed by atoms with Gasteiger partial charge in [0, 0.05) is 21.2 Å². The Morgan fingerprint density at radius 3 is 3.00 bits per heavy atom. The summed E-state index contributed by atoms with van der Waals surface area (Å²) in [6, 6.07) is 2.62. The standard InChI is InChI=1S/C10H12Br2N2S/c1-6-2-3-15-10(14-6)9-8(12)4-7(11)5-13-9/h4-6,10,14H,2-3H2,1H3. The van der Waals surface area contributed by atoms with E-state index < -0.39 is 0 Å². The molecule has 1 aromatic heterocycles. The summed E-state index contributed by atoms with van der Waals surface area (Å²) < 4.78 is 2.07. The molecule has 2 unspecified atom stereocenters. The Morgan fingerprint density at radius 2 is 2.33 bits per heavy atom. The van der Waals surface area contributed by atoms with Crippen LogP contribution in [0.15, 0.2) is 21.2 Å². The smallest absolute Gasteiger partial charge is 0.0975 e. The zero-order valence-electron chi connectivity index (χ0n) is 8.34. The van der Waals surface area contributed by atoms with Crippen LogP contribution < -0.4 is 5.32 Å². The Labute approximate surface area is 111 Å². The number of thioether (sulfide) groups is 1. The third kappa shape index (κ3) is 2.96. The molecule has 2 heterocycles. The number of nitrogens with one attached hydrogen (secondary N) is 1. The molecule has 82 valence electrons. The molecule has 1 fully saturated rings. The lowest BCUT2D eigenvalue weighted by Gasteiger charge is -2.28. The van der Waals surface area contributed by atoms with Crippen LogP contribution in [0.25, 0.3) is 0 Å². The molecule has 1 aromatic rings. The molecule has 0 aliphatic carbocycles. The summed E-state index contributed by atoms with van der Waals surface area (Å²) in [5.74, 6) is 1.20. The number of rotatable bonds is 1. The predicted octanol–water partition coefficient (Wildman–Crippen LogP) is 3.72. The van der Waals surface area contributed by atoms with Gasteiger partial charge in [0.15, 0.2) is 0 Å². The maximum absolute atomic E-state index is 4.46. The van der Waals surface area contributed by atoms with Crippen molar-refractivity contribution in [3.05, 3.63) is 26.9 Å². The van der Waals surface area contributed by atoms with Crippen LogP contribution in [0.5, 0.6) is 0 Å². The molecule has 0 amide bonds.